The van der Waals surface area contributed by atoms with Gasteiger partial charge < -0.3 is 9.64 Å². The van der Waals surface area contributed by atoms with Crippen LogP contribution in [0.4, 0.5) is 0 Å². The number of carbonyl (C=O) groups excluding carboxylic acids is 1. The molecule has 2 aliphatic rings. The molecule has 0 aromatic heterocycles. The highest BCUT2D eigenvalue weighted by molar-refractivity contribution is 5.78. The highest BCUT2D eigenvalue weighted by Gasteiger charge is 2.25. The lowest BCUT2D eigenvalue weighted by Crippen LogP contribution is -2.47. The van der Waals surface area contributed by atoms with Gasteiger partial charge in [0.05, 0.1) is 19.8 Å². The van der Waals surface area contributed by atoms with Crippen LogP contribution in [0.2, 0.25) is 0 Å². The summed E-state index contributed by atoms with van der Waals surface area (Å²) in [7, 11) is 2.08. The Labute approximate surface area is 126 Å². The molecule has 4 nitrogen and oxygen atoms in total. The van der Waals surface area contributed by atoms with Gasteiger partial charge in [-0.05, 0) is 37.4 Å². The average Bonchev–Trinajstić information content (AvgIpc) is 2.55. The third-order valence-electron chi connectivity index (χ3n) is 4.69. The summed E-state index contributed by atoms with van der Waals surface area (Å²) < 4.78 is 5.30. The standard InChI is InChI=1S/C17H24N2O2/c1-18(13-17(20)19-8-10-21-11-9-19)16-7-6-14-4-2-3-5-15(14)12-16/h2-5,16H,6-13H2,1H3/t16-/m1/s1. The van der Waals surface area contributed by atoms with Crippen LogP contribution >= 0.6 is 0 Å². The summed E-state index contributed by atoms with van der Waals surface area (Å²) in [5.41, 5.74) is 2.92. The Morgan fingerprint density at radius 1 is 1.29 bits per heavy atom. The summed E-state index contributed by atoms with van der Waals surface area (Å²) in [6.07, 6.45) is 3.32. The molecule has 1 heterocycles. The van der Waals surface area contributed by atoms with Gasteiger partial charge in [0.15, 0.2) is 0 Å². The molecule has 0 spiro atoms. The highest BCUT2D eigenvalue weighted by atomic mass is 16.5. The molecule has 1 aliphatic heterocycles. The molecule has 114 valence electrons. The van der Waals surface area contributed by atoms with Gasteiger partial charge in [-0.2, -0.15) is 0 Å². The van der Waals surface area contributed by atoms with Crippen molar-refractivity contribution in [3.05, 3.63) is 35.4 Å². The first-order chi connectivity index (χ1) is 10.2. The van der Waals surface area contributed by atoms with Crippen LogP contribution in [0.5, 0.6) is 0 Å². The van der Waals surface area contributed by atoms with Crippen LogP contribution in [0.25, 0.3) is 0 Å². The average molecular weight is 288 g/mol. The fourth-order valence-electron chi connectivity index (χ4n) is 3.31. The molecular formula is C17H24N2O2. The first-order valence-electron chi connectivity index (χ1n) is 7.86. The predicted octanol–water partition coefficient (Wildman–Crippen LogP) is 1.33. The number of fused-ring (bicyclic) bond motifs is 1. The molecule has 0 unspecified atom stereocenters. The van der Waals surface area contributed by atoms with Gasteiger partial charge in [-0.3, -0.25) is 9.69 Å². The van der Waals surface area contributed by atoms with Crippen LogP contribution < -0.4 is 0 Å². The van der Waals surface area contributed by atoms with E-state index in [0.29, 0.717) is 25.8 Å². The third-order valence-corrected chi connectivity index (χ3v) is 4.69. The molecule has 1 saturated heterocycles. The number of aryl methyl sites for hydroxylation is 1. The molecule has 1 aromatic carbocycles. The van der Waals surface area contributed by atoms with E-state index in [9.17, 15) is 4.79 Å². The number of morpholine rings is 1. The van der Waals surface area contributed by atoms with Gasteiger partial charge in [0, 0.05) is 19.1 Å². The lowest BCUT2D eigenvalue weighted by Gasteiger charge is -2.34. The van der Waals surface area contributed by atoms with Crippen LogP contribution in [0.15, 0.2) is 24.3 Å². The van der Waals surface area contributed by atoms with E-state index in [-0.39, 0.29) is 5.91 Å². The topological polar surface area (TPSA) is 32.8 Å². The Morgan fingerprint density at radius 3 is 2.76 bits per heavy atom. The fourth-order valence-corrected chi connectivity index (χ4v) is 3.31. The molecule has 0 saturated carbocycles. The summed E-state index contributed by atoms with van der Waals surface area (Å²) >= 11 is 0. The summed E-state index contributed by atoms with van der Waals surface area (Å²) in [5, 5.41) is 0. The lowest BCUT2D eigenvalue weighted by molar-refractivity contribution is -0.136. The van der Waals surface area contributed by atoms with Gasteiger partial charge in [-0.15, -0.1) is 0 Å². The van der Waals surface area contributed by atoms with Gasteiger partial charge in [-0.1, -0.05) is 24.3 Å². The van der Waals surface area contributed by atoms with E-state index in [4.69, 9.17) is 4.74 Å². The quantitative estimate of drug-likeness (QED) is 0.841. The molecule has 1 amide bonds. The second-order valence-corrected chi connectivity index (χ2v) is 6.07. The molecule has 1 fully saturated rings. The molecule has 1 aromatic rings. The largest absolute Gasteiger partial charge is 0.378 e. The van der Waals surface area contributed by atoms with Crippen molar-refractivity contribution < 1.29 is 9.53 Å². The van der Waals surface area contributed by atoms with Crippen LogP contribution in [-0.4, -0.2) is 61.6 Å². The molecule has 21 heavy (non-hydrogen) atoms. The monoisotopic (exact) mass is 288 g/mol. The van der Waals surface area contributed by atoms with E-state index < -0.39 is 0 Å². The zero-order valence-electron chi connectivity index (χ0n) is 12.8. The van der Waals surface area contributed by atoms with Crippen molar-refractivity contribution in [1.29, 1.82) is 0 Å². The maximum atomic E-state index is 12.3. The maximum Gasteiger partial charge on any atom is 0.236 e. The number of hydrogen-bond acceptors (Lipinski definition) is 3. The van der Waals surface area contributed by atoms with Crippen molar-refractivity contribution in [2.24, 2.45) is 0 Å². The van der Waals surface area contributed by atoms with Gasteiger partial charge in [0.25, 0.3) is 0 Å². The van der Waals surface area contributed by atoms with Gasteiger partial charge in [0.1, 0.15) is 0 Å². The van der Waals surface area contributed by atoms with E-state index in [0.717, 1.165) is 32.4 Å². The SMILES string of the molecule is CN(CC(=O)N1CCOCC1)[C@@H]1CCc2ccccc2C1. The van der Waals surface area contributed by atoms with Crippen molar-refractivity contribution >= 4 is 5.91 Å². The number of benzene rings is 1. The van der Waals surface area contributed by atoms with Crippen LogP contribution in [0, 0.1) is 0 Å². The Kier molecular flexibility index (Phi) is 4.56. The number of hydrogen-bond donors (Lipinski definition) is 0. The number of amides is 1. The number of rotatable bonds is 3. The fraction of sp³-hybridized carbons (Fsp3) is 0.588. The summed E-state index contributed by atoms with van der Waals surface area (Å²) in [6, 6.07) is 9.15. The second-order valence-electron chi connectivity index (χ2n) is 6.07. The summed E-state index contributed by atoms with van der Waals surface area (Å²) in [5.74, 6) is 0.236. The minimum Gasteiger partial charge on any atom is -0.378 e. The van der Waals surface area contributed by atoms with Crippen LogP contribution in [0.1, 0.15) is 17.5 Å². The van der Waals surface area contributed by atoms with Gasteiger partial charge in [0.2, 0.25) is 5.91 Å². The zero-order chi connectivity index (χ0) is 14.7. The van der Waals surface area contributed by atoms with Crippen molar-refractivity contribution in [1.82, 2.24) is 9.80 Å². The molecule has 4 heteroatoms. The highest BCUT2D eigenvalue weighted by Crippen LogP contribution is 2.23. The second kappa shape index (κ2) is 6.58. The van der Waals surface area contributed by atoms with Gasteiger partial charge in [-0.25, -0.2) is 0 Å². The third kappa shape index (κ3) is 3.44. The van der Waals surface area contributed by atoms with E-state index in [1.54, 1.807) is 0 Å². The van der Waals surface area contributed by atoms with E-state index in [1.165, 1.54) is 11.1 Å². The van der Waals surface area contributed by atoms with E-state index in [1.807, 2.05) is 4.90 Å². The Balaban J connectivity index is 1.56. The number of carbonyl (C=O) groups is 1. The smallest absolute Gasteiger partial charge is 0.236 e. The van der Waals surface area contributed by atoms with Crippen molar-refractivity contribution in [2.75, 3.05) is 39.9 Å². The molecule has 3 rings (SSSR count). The summed E-state index contributed by atoms with van der Waals surface area (Å²) in [6.45, 7) is 3.34. The predicted molar refractivity (Wildman–Crippen MR) is 82.3 cm³/mol. The normalized spacial score (nSPS) is 22.2. The van der Waals surface area contributed by atoms with E-state index >= 15 is 0 Å². The number of nitrogens with zero attached hydrogens (tertiary/aromatic N) is 2. The van der Waals surface area contributed by atoms with Gasteiger partial charge >= 0.3 is 0 Å². The zero-order valence-corrected chi connectivity index (χ0v) is 12.8. The summed E-state index contributed by atoms with van der Waals surface area (Å²) in [4.78, 5) is 16.5. The first kappa shape index (κ1) is 14.5. The van der Waals surface area contributed by atoms with Crippen molar-refractivity contribution in [3.8, 4) is 0 Å². The molecule has 1 atom stereocenters. The van der Waals surface area contributed by atoms with Crippen molar-refractivity contribution in [2.45, 2.75) is 25.3 Å². The Bertz CT molecular complexity index is 497. The minimum atomic E-state index is 0.236. The van der Waals surface area contributed by atoms with E-state index in [2.05, 4.69) is 36.2 Å². The molecule has 0 radical (unpaired) electrons. The lowest BCUT2D eigenvalue weighted by atomic mass is 9.88. The molecule has 0 N–H and O–H groups in total. The first-order valence-corrected chi connectivity index (χ1v) is 7.86. The Morgan fingerprint density at radius 2 is 2.00 bits per heavy atom. The van der Waals surface area contributed by atoms with Crippen LogP contribution in [0.3, 0.4) is 0 Å². The van der Waals surface area contributed by atoms with Crippen LogP contribution in [-0.2, 0) is 22.4 Å². The molecule has 0 bridgehead atoms. The number of ether oxygens (including phenoxy) is 1. The molecular weight excluding hydrogens is 264 g/mol. The minimum absolute atomic E-state index is 0.236. The maximum absolute atomic E-state index is 12.3. The Hall–Kier alpha value is -1.39. The number of likely N-dealkylation sites (N-methyl/N-ethyl adjacent to an activating group) is 1. The molecule has 1 aliphatic carbocycles. The van der Waals surface area contributed by atoms with Crippen molar-refractivity contribution in [3.63, 3.8) is 0 Å².